The highest BCUT2D eigenvalue weighted by Gasteiger charge is 2.22. The molecule has 1 N–H and O–H groups in total. The first-order valence-corrected chi connectivity index (χ1v) is 6.09. The Balaban J connectivity index is 2.39. The predicted molar refractivity (Wildman–Crippen MR) is 69.0 cm³/mol. The Morgan fingerprint density at radius 2 is 2.00 bits per heavy atom. The molecule has 0 saturated carbocycles. The summed E-state index contributed by atoms with van der Waals surface area (Å²) in [5, 5.41) is 2.60. The maximum Gasteiger partial charge on any atom is 0.312 e. The molecule has 1 aliphatic heterocycles. The number of rotatable bonds is 6. The fourth-order valence-corrected chi connectivity index (χ4v) is 1.78. The highest BCUT2D eigenvalue weighted by Crippen LogP contribution is 2.10. The first-order valence-electron chi connectivity index (χ1n) is 6.09. The van der Waals surface area contributed by atoms with Crippen LogP contribution in [0, 0.1) is 0 Å². The van der Waals surface area contributed by atoms with Crippen molar-refractivity contribution in [1.82, 2.24) is 10.2 Å². The Morgan fingerprint density at radius 3 is 2.50 bits per heavy atom. The van der Waals surface area contributed by atoms with Crippen LogP contribution in [0.4, 0.5) is 0 Å². The zero-order valence-corrected chi connectivity index (χ0v) is 10.6. The Kier molecular flexibility index (Phi) is 6.14. The number of hydrogen-bond acceptors (Lipinski definition) is 3. The molecule has 0 aromatic carbocycles. The molecule has 100 valence electrons. The molecule has 5 heteroatoms. The van der Waals surface area contributed by atoms with Gasteiger partial charge in [0.05, 0.1) is 6.10 Å². The van der Waals surface area contributed by atoms with E-state index in [4.69, 9.17) is 4.74 Å². The summed E-state index contributed by atoms with van der Waals surface area (Å²) in [6, 6.07) is 0. The number of hydrogen-bond donors (Lipinski definition) is 1. The van der Waals surface area contributed by atoms with Gasteiger partial charge >= 0.3 is 11.8 Å². The molecule has 1 aliphatic rings. The van der Waals surface area contributed by atoms with Gasteiger partial charge in [-0.3, -0.25) is 9.59 Å². The summed E-state index contributed by atoms with van der Waals surface area (Å²) in [6.07, 6.45) is 5.13. The summed E-state index contributed by atoms with van der Waals surface area (Å²) in [5.41, 5.74) is 0. The summed E-state index contributed by atoms with van der Waals surface area (Å²) in [5.74, 6) is -1.16. The van der Waals surface area contributed by atoms with Crippen molar-refractivity contribution in [2.45, 2.75) is 18.9 Å². The summed E-state index contributed by atoms with van der Waals surface area (Å²) in [7, 11) is 0. The summed E-state index contributed by atoms with van der Waals surface area (Å²) in [6.45, 7) is 8.89. The van der Waals surface area contributed by atoms with Crippen molar-refractivity contribution in [3.63, 3.8) is 0 Å². The minimum absolute atomic E-state index is 0.0361. The summed E-state index contributed by atoms with van der Waals surface area (Å²) in [4.78, 5) is 24.8. The van der Waals surface area contributed by atoms with Gasteiger partial charge in [0.25, 0.3) is 0 Å². The third-order valence-corrected chi connectivity index (χ3v) is 2.69. The molecule has 0 aromatic rings. The third kappa shape index (κ3) is 4.33. The van der Waals surface area contributed by atoms with Crippen LogP contribution in [0.2, 0.25) is 0 Å². The second kappa shape index (κ2) is 7.66. The van der Waals surface area contributed by atoms with Crippen molar-refractivity contribution in [2.75, 3.05) is 26.2 Å². The molecule has 0 aliphatic carbocycles. The van der Waals surface area contributed by atoms with Crippen LogP contribution >= 0.6 is 0 Å². The molecule has 0 spiro atoms. The van der Waals surface area contributed by atoms with Crippen molar-refractivity contribution in [2.24, 2.45) is 0 Å². The largest absolute Gasteiger partial charge is 0.376 e. The maximum absolute atomic E-state index is 11.8. The van der Waals surface area contributed by atoms with E-state index in [1.54, 1.807) is 12.2 Å². The van der Waals surface area contributed by atoms with Crippen LogP contribution < -0.4 is 5.32 Å². The smallest absolute Gasteiger partial charge is 0.312 e. The van der Waals surface area contributed by atoms with E-state index in [-0.39, 0.29) is 6.10 Å². The van der Waals surface area contributed by atoms with Crippen LogP contribution in [-0.2, 0) is 14.3 Å². The average Bonchev–Trinajstić information content (AvgIpc) is 2.88. The molecule has 1 rings (SSSR count). The monoisotopic (exact) mass is 252 g/mol. The SMILES string of the molecule is C=CCN(CC=C)C(=O)C(=O)NCC1CCCO1. The quantitative estimate of drug-likeness (QED) is 0.552. The minimum Gasteiger partial charge on any atom is -0.376 e. The van der Waals surface area contributed by atoms with E-state index in [2.05, 4.69) is 18.5 Å². The van der Waals surface area contributed by atoms with Gasteiger partial charge in [0.1, 0.15) is 0 Å². The molecule has 1 heterocycles. The lowest BCUT2D eigenvalue weighted by Gasteiger charge is -2.19. The molecule has 18 heavy (non-hydrogen) atoms. The molecule has 5 nitrogen and oxygen atoms in total. The van der Waals surface area contributed by atoms with Crippen molar-refractivity contribution < 1.29 is 14.3 Å². The molecule has 1 atom stereocenters. The predicted octanol–water partition coefficient (Wildman–Crippen LogP) is 0.482. The second-order valence-electron chi connectivity index (χ2n) is 4.13. The van der Waals surface area contributed by atoms with Crippen LogP contribution in [-0.4, -0.2) is 49.1 Å². The lowest BCUT2D eigenvalue weighted by Crippen LogP contribution is -2.45. The van der Waals surface area contributed by atoms with Gasteiger partial charge in [-0.2, -0.15) is 0 Å². The first kappa shape index (κ1) is 14.4. The van der Waals surface area contributed by atoms with Gasteiger partial charge < -0.3 is 15.0 Å². The normalized spacial score (nSPS) is 18.1. The molecule has 0 aromatic heterocycles. The fraction of sp³-hybridized carbons (Fsp3) is 0.538. The van der Waals surface area contributed by atoms with E-state index in [0.717, 1.165) is 19.4 Å². The molecule has 1 unspecified atom stereocenters. The second-order valence-corrected chi connectivity index (χ2v) is 4.13. The Bertz CT molecular complexity index is 312. The van der Waals surface area contributed by atoms with Crippen LogP contribution in [0.5, 0.6) is 0 Å². The van der Waals surface area contributed by atoms with Crippen LogP contribution in [0.25, 0.3) is 0 Å². The zero-order valence-electron chi connectivity index (χ0n) is 10.6. The topological polar surface area (TPSA) is 58.6 Å². The molecular formula is C13H20N2O3. The van der Waals surface area contributed by atoms with Crippen molar-refractivity contribution in [3.8, 4) is 0 Å². The van der Waals surface area contributed by atoms with Crippen LogP contribution in [0.15, 0.2) is 25.3 Å². The first-order chi connectivity index (χ1) is 8.69. The average molecular weight is 252 g/mol. The fourth-order valence-electron chi connectivity index (χ4n) is 1.78. The maximum atomic E-state index is 11.8. The lowest BCUT2D eigenvalue weighted by atomic mass is 10.2. The summed E-state index contributed by atoms with van der Waals surface area (Å²) < 4.78 is 5.37. The Labute approximate surface area is 107 Å². The standard InChI is InChI=1S/C13H20N2O3/c1-3-7-15(8-4-2)13(17)12(16)14-10-11-6-5-9-18-11/h3-4,11H,1-2,5-10H2,(H,14,16). The van der Waals surface area contributed by atoms with Crippen LogP contribution in [0.1, 0.15) is 12.8 Å². The number of carbonyl (C=O) groups excluding carboxylic acids is 2. The van der Waals surface area contributed by atoms with E-state index in [1.165, 1.54) is 4.90 Å². The minimum atomic E-state index is -0.603. The van der Waals surface area contributed by atoms with Gasteiger partial charge in [0.2, 0.25) is 0 Å². The highest BCUT2D eigenvalue weighted by atomic mass is 16.5. The lowest BCUT2D eigenvalue weighted by molar-refractivity contribution is -0.145. The van der Waals surface area contributed by atoms with E-state index >= 15 is 0 Å². The number of nitrogens with zero attached hydrogens (tertiary/aromatic N) is 1. The Morgan fingerprint density at radius 1 is 1.33 bits per heavy atom. The molecular weight excluding hydrogens is 232 g/mol. The van der Waals surface area contributed by atoms with Crippen molar-refractivity contribution >= 4 is 11.8 Å². The van der Waals surface area contributed by atoms with Crippen molar-refractivity contribution in [3.05, 3.63) is 25.3 Å². The number of nitrogens with one attached hydrogen (secondary N) is 1. The van der Waals surface area contributed by atoms with Crippen molar-refractivity contribution in [1.29, 1.82) is 0 Å². The number of ether oxygens (including phenoxy) is 1. The van der Waals surface area contributed by atoms with Gasteiger partial charge in [0, 0.05) is 26.2 Å². The molecule has 1 saturated heterocycles. The number of amides is 2. The molecule has 2 amide bonds. The van der Waals surface area contributed by atoms with Gasteiger partial charge in [-0.15, -0.1) is 13.2 Å². The number of carbonyl (C=O) groups is 2. The Hall–Kier alpha value is -1.62. The summed E-state index contributed by atoms with van der Waals surface area (Å²) >= 11 is 0. The van der Waals surface area contributed by atoms with E-state index < -0.39 is 11.8 Å². The van der Waals surface area contributed by atoms with E-state index in [0.29, 0.717) is 19.6 Å². The molecule has 1 fully saturated rings. The molecule has 0 radical (unpaired) electrons. The van der Waals surface area contributed by atoms with Gasteiger partial charge in [-0.1, -0.05) is 12.2 Å². The highest BCUT2D eigenvalue weighted by molar-refractivity contribution is 6.35. The zero-order chi connectivity index (χ0) is 13.4. The van der Waals surface area contributed by atoms with E-state index in [9.17, 15) is 9.59 Å². The van der Waals surface area contributed by atoms with Crippen LogP contribution in [0.3, 0.4) is 0 Å². The van der Waals surface area contributed by atoms with Gasteiger partial charge in [-0.05, 0) is 12.8 Å². The van der Waals surface area contributed by atoms with E-state index in [1.807, 2.05) is 0 Å². The third-order valence-electron chi connectivity index (χ3n) is 2.69. The molecule has 0 bridgehead atoms. The van der Waals surface area contributed by atoms with Gasteiger partial charge in [-0.25, -0.2) is 0 Å². The van der Waals surface area contributed by atoms with Gasteiger partial charge in [0.15, 0.2) is 0 Å².